The summed E-state index contributed by atoms with van der Waals surface area (Å²) in [4.78, 5) is 0. The molecule has 1 aliphatic heterocycles. The third-order valence-corrected chi connectivity index (χ3v) is 6.42. The average molecular weight is 360 g/mol. The fourth-order valence-electron chi connectivity index (χ4n) is 2.94. The molecule has 2 heterocycles. The summed E-state index contributed by atoms with van der Waals surface area (Å²) in [7, 11) is 0. The molecule has 3 nitrogen and oxygen atoms in total. The molecule has 0 bridgehead atoms. The molecule has 1 aromatic rings. The monoisotopic (exact) mass is 359 g/mol. The van der Waals surface area contributed by atoms with Gasteiger partial charge in [-0.15, -0.1) is 0 Å². The lowest BCUT2D eigenvalue weighted by Gasteiger charge is -2.24. The molecule has 2 atom stereocenters. The zero-order valence-electron chi connectivity index (χ0n) is 12.8. The Balaban J connectivity index is 2.18. The Bertz CT molecular complexity index is 427. The molecule has 2 rings (SSSR count). The Morgan fingerprint density at radius 3 is 2.80 bits per heavy atom. The first-order chi connectivity index (χ1) is 9.71. The topological polar surface area (TPSA) is 29.9 Å². The van der Waals surface area contributed by atoms with Crippen molar-refractivity contribution in [3.8, 4) is 0 Å². The van der Waals surface area contributed by atoms with Crippen molar-refractivity contribution in [1.29, 1.82) is 0 Å². The summed E-state index contributed by atoms with van der Waals surface area (Å²) < 4.78 is 3.40. The normalized spacial score (nSPS) is 20.5. The maximum atomic E-state index is 4.72. The lowest BCUT2D eigenvalue weighted by molar-refractivity contribution is 0.475. The van der Waals surface area contributed by atoms with Crippen LogP contribution in [-0.4, -0.2) is 33.4 Å². The van der Waals surface area contributed by atoms with Gasteiger partial charge in [-0.2, -0.15) is 16.9 Å². The van der Waals surface area contributed by atoms with Crippen molar-refractivity contribution in [3.05, 3.63) is 15.9 Å². The number of hydrogen-bond acceptors (Lipinski definition) is 3. The SMILES string of the molecule is CCNC(Cc1c(Br)c(CC)nn1CC)C1CCCS1. The van der Waals surface area contributed by atoms with Crippen LogP contribution < -0.4 is 5.32 Å². The molecule has 1 aromatic heterocycles. The zero-order chi connectivity index (χ0) is 14.5. The van der Waals surface area contributed by atoms with Gasteiger partial charge in [0.05, 0.1) is 15.9 Å². The van der Waals surface area contributed by atoms with E-state index in [0.29, 0.717) is 6.04 Å². The number of nitrogens with one attached hydrogen (secondary N) is 1. The van der Waals surface area contributed by atoms with Gasteiger partial charge >= 0.3 is 0 Å². The van der Waals surface area contributed by atoms with Crippen LogP contribution >= 0.6 is 27.7 Å². The minimum absolute atomic E-state index is 0.565. The summed E-state index contributed by atoms with van der Waals surface area (Å²) in [6.07, 6.45) is 4.78. The van der Waals surface area contributed by atoms with E-state index in [2.05, 4.69) is 58.5 Å². The van der Waals surface area contributed by atoms with Crippen LogP contribution in [0, 0.1) is 0 Å². The largest absolute Gasteiger partial charge is 0.313 e. The van der Waals surface area contributed by atoms with E-state index >= 15 is 0 Å². The van der Waals surface area contributed by atoms with Crippen LogP contribution in [0.2, 0.25) is 0 Å². The first kappa shape index (κ1) is 16.4. The summed E-state index contributed by atoms with van der Waals surface area (Å²) in [5.74, 6) is 1.32. The zero-order valence-corrected chi connectivity index (χ0v) is 15.2. The number of rotatable bonds is 7. The number of thioether (sulfide) groups is 1. The molecule has 0 radical (unpaired) electrons. The van der Waals surface area contributed by atoms with Gasteiger partial charge in [-0.25, -0.2) is 0 Å². The van der Waals surface area contributed by atoms with Gasteiger partial charge in [0.1, 0.15) is 0 Å². The van der Waals surface area contributed by atoms with E-state index in [1.807, 2.05) is 0 Å². The summed E-state index contributed by atoms with van der Waals surface area (Å²) >= 11 is 5.91. The van der Waals surface area contributed by atoms with Gasteiger partial charge < -0.3 is 5.32 Å². The van der Waals surface area contributed by atoms with Crippen molar-refractivity contribution in [2.24, 2.45) is 0 Å². The van der Waals surface area contributed by atoms with E-state index in [4.69, 9.17) is 5.10 Å². The van der Waals surface area contributed by atoms with Gasteiger partial charge in [0, 0.05) is 24.3 Å². The Morgan fingerprint density at radius 1 is 1.45 bits per heavy atom. The summed E-state index contributed by atoms with van der Waals surface area (Å²) in [5, 5.41) is 9.17. The number of likely N-dealkylation sites (N-methyl/N-ethyl adjacent to an activating group) is 1. The number of nitrogens with zero attached hydrogens (tertiary/aromatic N) is 2. The van der Waals surface area contributed by atoms with Crippen LogP contribution in [0.1, 0.15) is 45.0 Å². The Morgan fingerprint density at radius 2 is 2.25 bits per heavy atom. The van der Waals surface area contributed by atoms with Crippen molar-refractivity contribution < 1.29 is 0 Å². The van der Waals surface area contributed by atoms with Gasteiger partial charge in [-0.1, -0.05) is 13.8 Å². The molecule has 1 aliphatic rings. The average Bonchev–Trinajstić information content (AvgIpc) is 3.07. The predicted octanol–water partition coefficient (Wildman–Crippen LogP) is 3.64. The first-order valence-electron chi connectivity index (χ1n) is 7.80. The quantitative estimate of drug-likeness (QED) is 0.805. The number of halogens is 1. The summed E-state index contributed by atoms with van der Waals surface area (Å²) in [5.41, 5.74) is 2.55. The van der Waals surface area contributed by atoms with Crippen LogP contribution in [0.4, 0.5) is 0 Å². The van der Waals surface area contributed by atoms with E-state index in [9.17, 15) is 0 Å². The second-order valence-corrected chi connectivity index (χ2v) is 7.44. The van der Waals surface area contributed by atoms with Crippen molar-refractivity contribution in [3.63, 3.8) is 0 Å². The van der Waals surface area contributed by atoms with E-state index in [-0.39, 0.29) is 0 Å². The molecular formula is C15H26BrN3S. The van der Waals surface area contributed by atoms with Gasteiger partial charge in [-0.3, -0.25) is 4.68 Å². The fraction of sp³-hybridized carbons (Fsp3) is 0.800. The highest BCUT2D eigenvalue weighted by molar-refractivity contribution is 9.10. The van der Waals surface area contributed by atoms with Crippen molar-refractivity contribution in [1.82, 2.24) is 15.1 Å². The molecular weight excluding hydrogens is 334 g/mol. The van der Waals surface area contributed by atoms with Crippen LogP contribution in [0.5, 0.6) is 0 Å². The molecule has 114 valence electrons. The first-order valence-corrected chi connectivity index (χ1v) is 9.64. The molecule has 1 N–H and O–H groups in total. The van der Waals surface area contributed by atoms with Gasteiger partial charge in [0.2, 0.25) is 0 Å². The molecule has 0 aliphatic carbocycles. The summed E-state index contributed by atoms with van der Waals surface area (Å²) in [6.45, 7) is 8.54. The molecule has 0 aromatic carbocycles. The molecule has 1 fully saturated rings. The third kappa shape index (κ3) is 3.60. The number of aryl methyl sites for hydroxylation is 2. The number of hydrogen-bond donors (Lipinski definition) is 1. The third-order valence-electron chi connectivity index (χ3n) is 3.99. The van der Waals surface area contributed by atoms with Crippen LogP contribution in [0.15, 0.2) is 4.47 Å². The van der Waals surface area contributed by atoms with Crippen molar-refractivity contribution >= 4 is 27.7 Å². The molecule has 0 amide bonds. The highest BCUT2D eigenvalue weighted by atomic mass is 79.9. The van der Waals surface area contributed by atoms with E-state index in [1.54, 1.807) is 0 Å². The second kappa shape index (κ2) is 7.85. The van der Waals surface area contributed by atoms with Crippen molar-refractivity contribution in [2.45, 2.75) is 64.3 Å². The standard InChI is InChI=1S/C15H26BrN3S/c1-4-11-15(16)13(19(6-3)18-11)10-12(17-5-2)14-8-7-9-20-14/h12,14,17H,4-10H2,1-3H3. The molecule has 20 heavy (non-hydrogen) atoms. The Hall–Kier alpha value is -0.000000000000000111. The molecule has 0 spiro atoms. The maximum Gasteiger partial charge on any atom is 0.0766 e. The highest BCUT2D eigenvalue weighted by Gasteiger charge is 2.27. The minimum Gasteiger partial charge on any atom is -0.313 e. The molecule has 0 saturated carbocycles. The summed E-state index contributed by atoms with van der Waals surface area (Å²) in [6, 6.07) is 0.565. The second-order valence-electron chi connectivity index (χ2n) is 5.30. The van der Waals surface area contributed by atoms with E-state index in [0.717, 1.165) is 31.2 Å². The van der Waals surface area contributed by atoms with Gasteiger partial charge in [0.25, 0.3) is 0 Å². The smallest absolute Gasteiger partial charge is 0.0766 e. The van der Waals surface area contributed by atoms with Crippen LogP contribution in [-0.2, 0) is 19.4 Å². The van der Waals surface area contributed by atoms with Gasteiger partial charge in [0.15, 0.2) is 0 Å². The molecule has 1 saturated heterocycles. The minimum atomic E-state index is 0.565. The van der Waals surface area contributed by atoms with Crippen LogP contribution in [0.3, 0.4) is 0 Å². The lowest BCUT2D eigenvalue weighted by Crippen LogP contribution is -2.39. The van der Waals surface area contributed by atoms with Gasteiger partial charge in [-0.05, 0) is 54.4 Å². The number of aromatic nitrogens is 2. The Labute approximate surface area is 135 Å². The highest BCUT2D eigenvalue weighted by Crippen LogP contribution is 2.32. The fourth-order valence-corrected chi connectivity index (χ4v) is 5.06. The lowest BCUT2D eigenvalue weighted by atomic mass is 10.0. The molecule has 5 heteroatoms. The molecule has 2 unspecified atom stereocenters. The predicted molar refractivity (Wildman–Crippen MR) is 91.6 cm³/mol. The van der Waals surface area contributed by atoms with E-state index < -0.39 is 0 Å². The maximum absolute atomic E-state index is 4.72. The van der Waals surface area contributed by atoms with Crippen LogP contribution in [0.25, 0.3) is 0 Å². The van der Waals surface area contributed by atoms with E-state index in [1.165, 1.54) is 34.5 Å². The Kier molecular flexibility index (Phi) is 6.43. The van der Waals surface area contributed by atoms with Crippen molar-refractivity contribution in [2.75, 3.05) is 12.3 Å².